The van der Waals surface area contributed by atoms with Gasteiger partial charge in [0.1, 0.15) is 5.82 Å². The number of hydrogen-bond acceptors (Lipinski definition) is 5. The molecule has 5 nitrogen and oxygen atoms in total. The van der Waals surface area contributed by atoms with Crippen molar-refractivity contribution in [2.45, 2.75) is 23.2 Å². The quantitative estimate of drug-likeness (QED) is 0.245. The van der Waals surface area contributed by atoms with E-state index in [1.165, 1.54) is 11.8 Å². The molecule has 3 rings (SSSR count). The lowest BCUT2D eigenvalue weighted by Gasteiger charge is -2.08. The molecule has 0 radical (unpaired) electrons. The summed E-state index contributed by atoms with van der Waals surface area (Å²) in [5.41, 5.74) is 1.78. The van der Waals surface area contributed by atoms with Gasteiger partial charge < -0.3 is 9.88 Å². The lowest BCUT2D eigenvalue weighted by atomic mass is 10.2. The summed E-state index contributed by atoms with van der Waals surface area (Å²) in [6, 6.07) is 12.6. The van der Waals surface area contributed by atoms with Gasteiger partial charge in [0.05, 0.1) is 21.6 Å². The molecule has 0 saturated heterocycles. The molecule has 1 aromatic heterocycles. The Morgan fingerprint density at radius 3 is 2.55 bits per heavy atom. The minimum atomic E-state index is -0.129. The minimum Gasteiger partial charge on any atom is -0.325 e. The molecule has 1 N–H and O–H groups in total. The number of halogens is 3. The van der Waals surface area contributed by atoms with E-state index in [1.54, 1.807) is 48.2 Å². The van der Waals surface area contributed by atoms with Crippen molar-refractivity contribution >= 4 is 69.9 Å². The topological polar surface area (TPSA) is 59.8 Å². The third-order valence-electron chi connectivity index (χ3n) is 4.05. The second-order valence-electron chi connectivity index (χ2n) is 6.38. The highest BCUT2D eigenvalue weighted by Gasteiger charge is 2.14. The Morgan fingerprint density at radius 2 is 1.84 bits per heavy atom. The fourth-order valence-electron chi connectivity index (χ4n) is 2.59. The van der Waals surface area contributed by atoms with Crippen LogP contribution in [0.3, 0.4) is 0 Å². The molecule has 0 unspecified atom stereocenters. The first kappa shape index (κ1) is 24.0. The lowest BCUT2D eigenvalue weighted by Crippen LogP contribution is -2.14. The number of rotatable bonds is 10. The summed E-state index contributed by atoms with van der Waals surface area (Å²) in [7, 11) is 0. The monoisotopic (exact) mass is 512 g/mol. The summed E-state index contributed by atoms with van der Waals surface area (Å²) in [5, 5.41) is 13.8. The van der Waals surface area contributed by atoms with Crippen LogP contribution in [0.4, 0.5) is 5.69 Å². The summed E-state index contributed by atoms with van der Waals surface area (Å²) >= 11 is 20.9. The molecule has 0 saturated carbocycles. The van der Waals surface area contributed by atoms with E-state index in [4.69, 9.17) is 34.8 Å². The van der Waals surface area contributed by atoms with E-state index in [0.29, 0.717) is 38.2 Å². The fraction of sp³-hybridized carbons (Fsp3) is 0.190. The van der Waals surface area contributed by atoms with E-state index in [9.17, 15) is 4.79 Å². The Morgan fingerprint density at radius 1 is 1.06 bits per heavy atom. The predicted octanol–water partition coefficient (Wildman–Crippen LogP) is 6.59. The zero-order chi connectivity index (χ0) is 22.2. The maximum Gasteiger partial charge on any atom is 0.234 e. The number of aromatic nitrogens is 3. The summed E-state index contributed by atoms with van der Waals surface area (Å²) in [5.74, 6) is 2.35. The van der Waals surface area contributed by atoms with Crippen LogP contribution >= 0.6 is 58.3 Å². The van der Waals surface area contributed by atoms with Crippen molar-refractivity contribution in [2.24, 2.45) is 0 Å². The van der Waals surface area contributed by atoms with Crippen molar-refractivity contribution in [3.05, 3.63) is 81.6 Å². The highest BCUT2D eigenvalue weighted by atomic mass is 35.5. The van der Waals surface area contributed by atoms with Crippen molar-refractivity contribution in [3.8, 4) is 0 Å². The Labute approximate surface area is 204 Å². The molecule has 2 aromatic carbocycles. The van der Waals surface area contributed by atoms with Crippen LogP contribution in [0.2, 0.25) is 15.1 Å². The van der Waals surface area contributed by atoms with Crippen LogP contribution in [-0.4, -0.2) is 26.4 Å². The van der Waals surface area contributed by atoms with Crippen molar-refractivity contribution in [1.29, 1.82) is 0 Å². The molecule has 0 aliphatic heterocycles. The third-order valence-corrected chi connectivity index (χ3v) is 7.01. The number of nitrogens with one attached hydrogen (secondary N) is 1. The Bertz CT molecular complexity index is 1060. The second-order valence-corrected chi connectivity index (χ2v) is 9.56. The average Bonchev–Trinajstić information content (AvgIpc) is 3.13. The SMILES string of the molecule is C=CCn1c(CSCc2ccc(Cl)c(Cl)c2)nnc1SCC(=O)Nc1ccc(Cl)cc1. The van der Waals surface area contributed by atoms with Crippen molar-refractivity contribution in [3.63, 3.8) is 0 Å². The van der Waals surface area contributed by atoms with E-state index in [2.05, 4.69) is 22.1 Å². The van der Waals surface area contributed by atoms with Crippen LogP contribution < -0.4 is 5.32 Å². The first-order valence-corrected chi connectivity index (χ1v) is 12.5. The number of thioether (sulfide) groups is 2. The summed E-state index contributed by atoms with van der Waals surface area (Å²) in [6.07, 6.45) is 1.79. The largest absolute Gasteiger partial charge is 0.325 e. The maximum atomic E-state index is 12.3. The fourth-order valence-corrected chi connectivity index (χ4v) is 4.72. The molecule has 1 amide bonds. The first-order chi connectivity index (χ1) is 15.0. The molecule has 3 aromatic rings. The summed E-state index contributed by atoms with van der Waals surface area (Å²) < 4.78 is 1.97. The normalized spacial score (nSPS) is 10.8. The van der Waals surface area contributed by atoms with E-state index in [1.807, 2.05) is 16.7 Å². The predicted molar refractivity (Wildman–Crippen MR) is 132 cm³/mol. The molecular weight excluding hydrogens is 495 g/mol. The molecule has 0 aliphatic carbocycles. The number of nitrogens with zero attached hydrogens (tertiary/aromatic N) is 3. The molecular formula is C21H19Cl3N4OS2. The maximum absolute atomic E-state index is 12.3. The van der Waals surface area contributed by atoms with Gasteiger partial charge in [0.25, 0.3) is 0 Å². The van der Waals surface area contributed by atoms with E-state index >= 15 is 0 Å². The molecule has 1 heterocycles. The van der Waals surface area contributed by atoms with Crippen LogP contribution in [-0.2, 0) is 22.8 Å². The Hall–Kier alpha value is -1.64. The average molecular weight is 514 g/mol. The van der Waals surface area contributed by atoms with E-state index in [-0.39, 0.29) is 11.7 Å². The second kappa shape index (κ2) is 11.8. The van der Waals surface area contributed by atoms with Gasteiger partial charge in [-0.2, -0.15) is 0 Å². The molecule has 162 valence electrons. The van der Waals surface area contributed by atoms with E-state index < -0.39 is 0 Å². The van der Waals surface area contributed by atoms with Crippen molar-refractivity contribution in [2.75, 3.05) is 11.1 Å². The lowest BCUT2D eigenvalue weighted by molar-refractivity contribution is -0.113. The third kappa shape index (κ3) is 7.19. The summed E-state index contributed by atoms with van der Waals surface area (Å²) in [6.45, 7) is 4.38. The zero-order valence-electron chi connectivity index (χ0n) is 16.4. The standard InChI is InChI=1S/C21H19Cl3N4OS2/c1-2-9-28-19(12-30-11-14-3-8-17(23)18(24)10-14)26-27-21(28)31-13-20(29)25-16-6-4-15(22)5-7-16/h2-8,10H,1,9,11-13H2,(H,25,29). The van der Waals surface area contributed by atoms with Crippen molar-refractivity contribution in [1.82, 2.24) is 14.8 Å². The van der Waals surface area contributed by atoms with Crippen LogP contribution in [0.5, 0.6) is 0 Å². The number of carbonyl (C=O) groups excluding carboxylic acids is 1. The smallest absolute Gasteiger partial charge is 0.234 e. The van der Waals surface area contributed by atoms with Gasteiger partial charge in [-0.1, -0.05) is 58.7 Å². The van der Waals surface area contributed by atoms with Gasteiger partial charge in [-0.3, -0.25) is 4.79 Å². The van der Waals surface area contributed by atoms with Crippen LogP contribution in [0.1, 0.15) is 11.4 Å². The van der Waals surface area contributed by atoms with Crippen LogP contribution in [0.25, 0.3) is 0 Å². The highest BCUT2D eigenvalue weighted by molar-refractivity contribution is 7.99. The highest BCUT2D eigenvalue weighted by Crippen LogP contribution is 2.26. The van der Waals surface area contributed by atoms with Crippen LogP contribution in [0, 0.1) is 0 Å². The van der Waals surface area contributed by atoms with Gasteiger partial charge in [-0.15, -0.1) is 28.5 Å². The number of allylic oxidation sites excluding steroid dienone is 1. The molecule has 0 bridgehead atoms. The van der Waals surface area contributed by atoms with Gasteiger partial charge >= 0.3 is 0 Å². The van der Waals surface area contributed by atoms with Gasteiger partial charge in [-0.05, 0) is 42.0 Å². The number of anilines is 1. The molecule has 0 aliphatic rings. The summed E-state index contributed by atoms with van der Waals surface area (Å²) in [4.78, 5) is 12.3. The number of hydrogen-bond donors (Lipinski definition) is 1. The minimum absolute atomic E-state index is 0.129. The van der Waals surface area contributed by atoms with Gasteiger partial charge in [-0.25, -0.2) is 0 Å². The van der Waals surface area contributed by atoms with Crippen LogP contribution in [0.15, 0.2) is 60.3 Å². The molecule has 31 heavy (non-hydrogen) atoms. The zero-order valence-corrected chi connectivity index (χ0v) is 20.3. The van der Waals surface area contributed by atoms with E-state index in [0.717, 1.165) is 17.1 Å². The first-order valence-electron chi connectivity index (χ1n) is 9.19. The molecule has 10 heteroatoms. The number of amides is 1. The number of benzene rings is 2. The van der Waals surface area contributed by atoms with Gasteiger partial charge in [0.15, 0.2) is 5.16 Å². The molecule has 0 atom stereocenters. The van der Waals surface area contributed by atoms with Gasteiger partial charge in [0.2, 0.25) is 5.91 Å². The molecule has 0 spiro atoms. The van der Waals surface area contributed by atoms with Crippen molar-refractivity contribution < 1.29 is 4.79 Å². The Kier molecular flexibility index (Phi) is 9.16. The van der Waals surface area contributed by atoms with Gasteiger partial charge in [0, 0.05) is 23.0 Å². The Balaban J connectivity index is 1.56. The molecule has 0 fully saturated rings. The number of carbonyl (C=O) groups is 1.